The highest BCUT2D eigenvalue weighted by Gasteiger charge is 2.55. The summed E-state index contributed by atoms with van der Waals surface area (Å²) >= 11 is 0. The summed E-state index contributed by atoms with van der Waals surface area (Å²) < 4.78 is 22.4. The van der Waals surface area contributed by atoms with E-state index in [2.05, 4.69) is 6.58 Å². The van der Waals surface area contributed by atoms with E-state index in [1.807, 2.05) is 37.3 Å². The number of carbonyl (C=O) groups excluding carboxylic acids is 1. The predicted molar refractivity (Wildman–Crippen MR) is 94.8 cm³/mol. The molecule has 1 aromatic rings. The second-order valence-electron chi connectivity index (χ2n) is 6.22. The van der Waals surface area contributed by atoms with Crippen molar-refractivity contribution in [3.63, 3.8) is 0 Å². The van der Waals surface area contributed by atoms with E-state index in [1.54, 1.807) is 13.2 Å². The zero-order valence-electron chi connectivity index (χ0n) is 15.3. The van der Waals surface area contributed by atoms with Crippen LogP contribution in [-0.2, 0) is 30.3 Å². The summed E-state index contributed by atoms with van der Waals surface area (Å²) in [5, 5.41) is 0. The van der Waals surface area contributed by atoms with Gasteiger partial charge in [-0.3, -0.25) is 0 Å². The summed E-state index contributed by atoms with van der Waals surface area (Å²) in [5.74, 6) is 0.0193. The Morgan fingerprint density at radius 2 is 1.92 bits per heavy atom. The SMILES string of the molecule is C=CC[C@]1(C)C(C(=O)OC)=C(OC)[C@H](OC)[C@H]1OCc1ccccc1. The second-order valence-corrected chi connectivity index (χ2v) is 6.22. The zero-order valence-corrected chi connectivity index (χ0v) is 15.3. The Kier molecular flexibility index (Phi) is 6.39. The monoisotopic (exact) mass is 346 g/mol. The molecule has 136 valence electrons. The number of ether oxygens (including phenoxy) is 4. The molecule has 0 fully saturated rings. The van der Waals surface area contributed by atoms with Gasteiger partial charge in [0.25, 0.3) is 0 Å². The number of hydrogen-bond donors (Lipinski definition) is 0. The molecule has 0 unspecified atom stereocenters. The van der Waals surface area contributed by atoms with E-state index in [0.717, 1.165) is 5.56 Å². The van der Waals surface area contributed by atoms with Crippen molar-refractivity contribution in [3.05, 3.63) is 59.9 Å². The van der Waals surface area contributed by atoms with Gasteiger partial charge in [-0.05, 0) is 12.0 Å². The lowest BCUT2D eigenvalue weighted by atomic mass is 9.77. The van der Waals surface area contributed by atoms with E-state index in [0.29, 0.717) is 24.4 Å². The van der Waals surface area contributed by atoms with Gasteiger partial charge in [0.2, 0.25) is 0 Å². The van der Waals surface area contributed by atoms with Gasteiger partial charge in [0, 0.05) is 12.5 Å². The molecule has 1 aromatic carbocycles. The van der Waals surface area contributed by atoms with E-state index >= 15 is 0 Å². The summed E-state index contributed by atoms with van der Waals surface area (Å²) in [6.07, 6.45) is 1.41. The molecule has 5 nitrogen and oxygen atoms in total. The Labute approximate surface area is 149 Å². The third-order valence-corrected chi connectivity index (χ3v) is 4.68. The van der Waals surface area contributed by atoms with E-state index in [-0.39, 0.29) is 0 Å². The van der Waals surface area contributed by atoms with Crippen LogP contribution < -0.4 is 0 Å². The maximum atomic E-state index is 12.4. The Bertz CT molecular complexity index is 637. The molecule has 0 heterocycles. The first-order valence-electron chi connectivity index (χ1n) is 8.19. The average molecular weight is 346 g/mol. The van der Waals surface area contributed by atoms with Crippen molar-refractivity contribution in [3.8, 4) is 0 Å². The van der Waals surface area contributed by atoms with Gasteiger partial charge in [0.1, 0.15) is 18.0 Å². The molecule has 0 saturated carbocycles. The van der Waals surface area contributed by atoms with Crippen LogP contribution in [0.1, 0.15) is 18.9 Å². The van der Waals surface area contributed by atoms with Crippen molar-refractivity contribution in [2.24, 2.45) is 5.41 Å². The van der Waals surface area contributed by atoms with Gasteiger partial charge >= 0.3 is 5.97 Å². The minimum atomic E-state index is -0.657. The molecule has 2 rings (SSSR count). The molecule has 0 bridgehead atoms. The molecule has 0 saturated heterocycles. The second kappa shape index (κ2) is 8.32. The first-order chi connectivity index (χ1) is 12.0. The normalized spacial score (nSPS) is 25.8. The van der Waals surface area contributed by atoms with Crippen LogP contribution in [0.15, 0.2) is 54.3 Å². The number of allylic oxidation sites excluding steroid dienone is 1. The van der Waals surface area contributed by atoms with Crippen molar-refractivity contribution in [2.75, 3.05) is 21.3 Å². The lowest BCUT2D eigenvalue weighted by Crippen LogP contribution is -2.41. The van der Waals surface area contributed by atoms with Crippen LogP contribution in [0.3, 0.4) is 0 Å². The molecule has 25 heavy (non-hydrogen) atoms. The van der Waals surface area contributed by atoms with Crippen molar-refractivity contribution < 1.29 is 23.7 Å². The molecule has 3 atom stereocenters. The van der Waals surface area contributed by atoms with E-state index in [9.17, 15) is 4.79 Å². The molecule has 0 spiro atoms. The largest absolute Gasteiger partial charge is 0.498 e. The maximum Gasteiger partial charge on any atom is 0.337 e. The quantitative estimate of drug-likeness (QED) is 0.534. The first-order valence-corrected chi connectivity index (χ1v) is 8.19. The molecule has 0 N–H and O–H groups in total. The van der Waals surface area contributed by atoms with Crippen LogP contribution in [0.25, 0.3) is 0 Å². The van der Waals surface area contributed by atoms with Crippen LogP contribution in [0.4, 0.5) is 0 Å². The molecule has 0 aromatic heterocycles. The van der Waals surface area contributed by atoms with Crippen LogP contribution in [0.5, 0.6) is 0 Å². The van der Waals surface area contributed by atoms with Crippen molar-refractivity contribution in [2.45, 2.75) is 32.2 Å². The zero-order chi connectivity index (χ0) is 18.4. The Hall–Kier alpha value is -2.11. The number of hydrogen-bond acceptors (Lipinski definition) is 5. The van der Waals surface area contributed by atoms with Gasteiger partial charge in [0.05, 0.1) is 26.4 Å². The lowest BCUT2D eigenvalue weighted by Gasteiger charge is -2.34. The van der Waals surface area contributed by atoms with Crippen molar-refractivity contribution in [1.29, 1.82) is 0 Å². The highest BCUT2D eigenvalue weighted by Crippen LogP contribution is 2.49. The molecular weight excluding hydrogens is 320 g/mol. The highest BCUT2D eigenvalue weighted by atomic mass is 16.6. The van der Waals surface area contributed by atoms with Crippen molar-refractivity contribution in [1.82, 2.24) is 0 Å². The summed E-state index contributed by atoms with van der Waals surface area (Å²) in [6, 6.07) is 9.87. The fourth-order valence-electron chi connectivity index (χ4n) is 3.47. The lowest BCUT2D eigenvalue weighted by molar-refractivity contribution is -0.139. The van der Waals surface area contributed by atoms with Gasteiger partial charge in [0.15, 0.2) is 0 Å². The molecule has 0 amide bonds. The van der Waals surface area contributed by atoms with Crippen LogP contribution >= 0.6 is 0 Å². The maximum absolute atomic E-state index is 12.4. The smallest absolute Gasteiger partial charge is 0.337 e. The molecule has 0 aliphatic heterocycles. The fraction of sp³-hybridized carbons (Fsp3) is 0.450. The van der Waals surface area contributed by atoms with Crippen LogP contribution in [0, 0.1) is 5.41 Å². The van der Waals surface area contributed by atoms with Crippen LogP contribution in [0.2, 0.25) is 0 Å². The highest BCUT2D eigenvalue weighted by molar-refractivity contribution is 5.92. The molecule has 0 radical (unpaired) electrons. The summed E-state index contributed by atoms with van der Waals surface area (Å²) in [4.78, 5) is 12.4. The topological polar surface area (TPSA) is 54.0 Å². The van der Waals surface area contributed by atoms with Gasteiger partial charge < -0.3 is 18.9 Å². The third kappa shape index (κ3) is 3.62. The minimum absolute atomic E-state index is 0.403. The summed E-state index contributed by atoms with van der Waals surface area (Å²) in [7, 11) is 4.46. The van der Waals surface area contributed by atoms with E-state index in [1.165, 1.54) is 14.2 Å². The standard InChI is InChI=1S/C20H26O5/c1-6-12-20(2)15(19(21)24-5)16(22-3)17(23-4)18(20)25-13-14-10-8-7-9-11-14/h6-11,17-18H,1,12-13H2,2-5H3/t17-,18+,20+/m0/s1. The number of methoxy groups -OCH3 is 3. The molecule has 1 aliphatic carbocycles. The minimum Gasteiger partial charge on any atom is -0.498 e. The molecule has 5 heteroatoms. The Morgan fingerprint density at radius 3 is 2.44 bits per heavy atom. The van der Waals surface area contributed by atoms with E-state index < -0.39 is 23.6 Å². The predicted octanol–water partition coefficient (Wildman–Crippen LogP) is 3.26. The van der Waals surface area contributed by atoms with Gasteiger partial charge in [-0.1, -0.05) is 43.3 Å². The van der Waals surface area contributed by atoms with Gasteiger partial charge in [-0.15, -0.1) is 6.58 Å². The Morgan fingerprint density at radius 1 is 1.24 bits per heavy atom. The fourth-order valence-corrected chi connectivity index (χ4v) is 3.47. The summed E-state index contributed by atoms with van der Waals surface area (Å²) in [6.45, 7) is 6.19. The number of carbonyl (C=O) groups is 1. The van der Waals surface area contributed by atoms with Gasteiger partial charge in [-0.25, -0.2) is 4.79 Å². The number of esters is 1. The van der Waals surface area contributed by atoms with E-state index in [4.69, 9.17) is 18.9 Å². The number of rotatable bonds is 8. The Balaban J connectivity index is 2.39. The van der Waals surface area contributed by atoms with Gasteiger partial charge in [-0.2, -0.15) is 0 Å². The first kappa shape index (κ1) is 19.2. The van der Waals surface area contributed by atoms with Crippen LogP contribution in [-0.4, -0.2) is 39.5 Å². The van der Waals surface area contributed by atoms with Crippen molar-refractivity contribution >= 4 is 5.97 Å². The molecule has 1 aliphatic rings. The summed E-state index contributed by atoms with van der Waals surface area (Å²) in [5.41, 5.74) is 0.835. The number of benzene rings is 1. The third-order valence-electron chi connectivity index (χ3n) is 4.68. The molecular formula is C20H26O5. The average Bonchev–Trinajstić information content (AvgIpc) is 2.87.